The first-order chi connectivity index (χ1) is 6.58. The fourth-order valence-electron chi connectivity index (χ4n) is 1.10. The van der Waals surface area contributed by atoms with Gasteiger partial charge in [0.2, 0.25) is 0 Å². The Balaban J connectivity index is 3.61. The summed E-state index contributed by atoms with van der Waals surface area (Å²) in [6, 6.07) is 1.13. The number of methoxy groups -OCH3 is 2. The Morgan fingerprint density at radius 2 is 1.93 bits per heavy atom. The molecule has 86 valence electrons. The van der Waals surface area contributed by atoms with Crippen molar-refractivity contribution in [2.24, 2.45) is 5.92 Å². The van der Waals surface area contributed by atoms with Crippen molar-refractivity contribution in [1.82, 2.24) is 5.32 Å². The molecular formula is C9H23NO3Si. The molecule has 5 heteroatoms. The van der Waals surface area contributed by atoms with E-state index >= 15 is 0 Å². The molecule has 0 aliphatic rings. The molecular weight excluding hydrogens is 198 g/mol. The number of hydrogen-bond donors (Lipinski definition) is 1. The molecule has 0 aromatic carbocycles. The van der Waals surface area contributed by atoms with Gasteiger partial charge in [0.05, 0.1) is 0 Å². The van der Waals surface area contributed by atoms with Gasteiger partial charge < -0.3 is 19.2 Å². The van der Waals surface area contributed by atoms with Gasteiger partial charge in [0.25, 0.3) is 5.97 Å². The average Bonchev–Trinajstić information content (AvgIpc) is 2.18. The summed E-state index contributed by atoms with van der Waals surface area (Å²) in [5.41, 5.74) is 0. The second kappa shape index (κ2) is 7.36. The van der Waals surface area contributed by atoms with Gasteiger partial charge in [0.15, 0.2) is 9.76 Å². The van der Waals surface area contributed by atoms with Crippen molar-refractivity contribution in [3.8, 4) is 0 Å². The van der Waals surface area contributed by atoms with Crippen LogP contribution in [0, 0.1) is 5.92 Å². The summed E-state index contributed by atoms with van der Waals surface area (Å²) in [5.74, 6) is -0.185. The van der Waals surface area contributed by atoms with Crippen molar-refractivity contribution in [2.75, 3.05) is 27.8 Å². The normalized spacial score (nSPS) is 15.2. The van der Waals surface area contributed by atoms with Crippen molar-refractivity contribution in [1.29, 1.82) is 0 Å². The molecule has 0 aromatic heterocycles. The van der Waals surface area contributed by atoms with E-state index in [-0.39, 0.29) is 0 Å². The Morgan fingerprint density at radius 1 is 1.36 bits per heavy atom. The summed E-state index contributed by atoms with van der Waals surface area (Å²) in [5, 5.41) is 3.15. The van der Waals surface area contributed by atoms with Crippen molar-refractivity contribution < 1.29 is 13.9 Å². The smallest absolute Gasteiger partial charge is 0.269 e. The molecule has 0 saturated carbocycles. The number of ether oxygens (including phenoxy) is 2. The maximum Gasteiger partial charge on any atom is 0.269 e. The Kier molecular flexibility index (Phi) is 7.39. The Labute approximate surface area is 89.2 Å². The van der Waals surface area contributed by atoms with E-state index in [2.05, 4.69) is 12.2 Å². The molecule has 1 N–H and O–H groups in total. The minimum Gasteiger partial charge on any atom is -0.376 e. The van der Waals surface area contributed by atoms with Crippen molar-refractivity contribution in [3.05, 3.63) is 0 Å². The number of rotatable bonds is 8. The quantitative estimate of drug-likeness (QED) is 0.473. The fraction of sp³-hybridized carbons (Fsp3) is 1.00. The lowest BCUT2D eigenvalue weighted by atomic mass is 10.2. The predicted octanol–water partition coefficient (Wildman–Crippen LogP) is 0.327. The molecule has 0 spiro atoms. The van der Waals surface area contributed by atoms with Gasteiger partial charge in [-0.3, -0.25) is 0 Å². The topological polar surface area (TPSA) is 39.7 Å². The summed E-state index contributed by atoms with van der Waals surface area (Å²) in [6.45, 7) is 5.04. The van der Waals surface area contributed by atoms with E-state index in [4.69, 9.17) is 13.9 Å². The second-order valence-electron chi connectivity index (χ2n) is 3.57. The molecule has 1 unspecified atom stereocenters. The lowest BCUT2D eigenvalue weighted by Crippen LogP contribution is -2.35. The van der Waals surface area contributed by atoms with Gasteiger partial charge in [-0.2, -0.15) is 0 Å². The zero-order valence-electron chi connectivity index (χ0n) is 9.92. The van der Waals surface area contributed by atoms with Gasteiger partial charge in [-0.05, 0) is 25.6 Å². The van der Waals surface area contributed by atoms with Gasteiger partial charge in [-0.1, -0.05) is 6.92 Å². The Bertz CT molecular complexity index is 142. The van der Waals surface area contributed by atoms with Crippen LogP contribution in [0.2, 0.25) is 6.04 Å². The molecule has 0 aromatic rings. The third kappa shape index (κ3) is 5.72. The van der Waals surface area contributed by atoms with Crippen LogP contribution < -0.4 is 5.32 Å². The molecule has 0 amide bonds. The third-order valence-electron chi connectivity index (χ3n) is 2.27. The van der Waals surface area contributed by atoms with Gasteiger partial charge in [-0.25, -0.2) is 0 Å². The zero-order chi connectivity index (χ0) is 11.0. The van der Waals surface area contributed by atoms with E-state index < -0.39 is 15.7 Å². The predicted molar refractivity (Wildman–Crippen MR) is 59.9 cm³/mol. The van der Waals surface area contributed by atoms with Crippen LogP contribution >= 0.6 is 0 Å². The minimum atomic E-state index is -0.842. The summed E-state index contributed by atoms with van der Waals surface area (Å²) >= 11 is 0. The molecule has 0 heterocycles. The van der Waals surface area contributed by atoms with Crippen molar-refractivity contribution >= 4 is 9.76 Å². The molecule has 0 fully saturated rings. The van der Waals surface area contributed by atoms with Crippen molar-refractivity contribution in [2.45, 2.75) is 25.9 Å². The molecule has 1 atom stereocenters. The number of nitrogens with one attached hydrogen (secondary N) is 1. The summed E-state index contributed by atoms with van der Waals surface area (Å²) in [7, 11) is 4.58. The first-order valence-electron chi connectivity index (χ1n) is 4.96. The van der Waals surface area contributed by atoms with Gasteiger partial charge in [0, 0.05) is 21.1 Å². The van der Waals surface area contributed by atoms with Crippen LogP contribution in [0.1, 0.15) is 13.8 Å². The van der Waals surface area contributed by atoms with E-state index in [0.29, 0.717) is 5.92 Å². The Morgan fingerprint density at radius 3 is 2.36 bits per heavy atom. The lowest BCUT2D eigenvalue weighted by molar-refractivity contribution is -0.310. The summed E-state index contributed by atoms with van der Waals surface area (Å²) in [4.78, 5) is 0. The van der Waals surface area contributed by atoms with E-state index in [1.165, 1.54) is 0 Å². The first-order valence-corrected chi connectivity index (χ1v) is 6.54. The third-order valence-corrected chi connectivity index (χ3v) is 4.22. The van der Waals surface area contributed by atoms with Crippen molar-refractivity contribution in [3.63, 3.8) is 0 Å². The highest BCUT2D eigenvalue weighted by molar-refractivity contribution is 6.27. The van der Waals surface area contributed by atoms with Crippen LogP contribution in [0.5, 0.6) is 0 Å². The van der Waals surface area contributed by atoms with E-state index in [9.17, 15) is 0 Å². The second-order valence-corrected chi connectivity index (χ2v) is 4.84. The molecule has 14 heavy (non-hydrogen) atoms. The molecule has 0 aliphatic heterocycles. The minimum absolute atomic E-state index is 0.573. The Hall–Kier alpha value is 0.0569. The molecule has 0 saturated heterocycles. The fourth-order valence-corrected chi connectivity index (χ4v) is 2.43. The van der Waals surface area contributed by atoms with Gasteiger partial charge in [0.1, 0.15) is 0 Å². The maximum atomic E-state index is 5.61. The molecule has 0 rings (SSSR count). The molecule has 0 bridgehead atoms. The van der Waals surface area contributed by atoms with Gasteiger partial charge in [-0.15, -0.1) is 0 Å². The lowest BCUT2D eigenvalue weighted by Gasteiger charge is -2.27. The summed E-state index contributed by atoms with van der Waals surface area (Å²) in [6.07, 6.45) is 0. The first kappa shape index (κ1) is 14.1. The SMILES string of the molecule is CNCC(C)C[SiH2]OC(C)(OC)OC. The molecule has 4 nitrogen and oxygen atoms in total. The highest BCUT2D eigenvalue weighted by atomic mass is 28.2. The van der Waals surface area contributed by atoms with E-state index in [1.807, 2.05) is 7.05 Å². The van der Waals surface area contributed by atoms with Gasteiger partial charge >= 0.3 is 0 Å². The van der Waals surface area contributed by atoms with E-state index in [0.717, 1.165) is 12.6 Å². The van der Waals surface area contributed by atoms with Crippen LogP contribution in [0.15, 0.2) is 0 Å². The number of hydrogen-bond acceptors (Lipinski definition) is 4. The highest BCUT2D eigenvalue weighted by Gasteiger charge is 2.22. The zero-order valence-corrected chi connectivity index (χ0v) is 11.3. The van der Waals surface area contributed by atoms with Crippen LogP contribution in [0.3, 0.4) is 0 Å². The highest BCUT2D eigenvalue weighted by Crippen LogP contribution is 2.12. The van der Waals surface area contributed by atoms with Crippen LogP contribution in [-0.2, 0) is 13.9 Å². The van der Waals surface area contributed by atoms with Crippen LogP contribution in [-0.4, -0.2) is 43.5 Å². The largest absolute Gasteiger partial charge is 0.376 e. The maximum absolute atomic E-state index is 5.61. The molecule has 0 radical (unpaired) electrons. The van der Waals surface area contributed by atoms with Crippen LogP contribution in [0.4, 0.5) is 0 Å². The van der Waals surface area contributed by atoms with Crippen LogP contribution in [0.25, 0.3) is 0 Å². The molecule has 0 aliphatic carbocycles. The van der Waals surface area contributed by atoms with E-state index in [1.54, 1.807) is 21.1 Å². The average molecular weight is 221 g/mol. The standard InChI is InChI=1S/C9H23NO3Si/c1-8(6-10-3)7-14-13-9(2,11-4)12-5/h8,10H,6-7,14H2,1-5H3. The summed E-state index contributed by atoms with van der Waals surface area (Å²) < 4.78 is 15.8. The monoisotopic (exact) mass is 221 g/mol.